The minimum Gasteiger partial charge on any atom is -0.346 e. The SMILES string of the molecule is O=C(NCc1ccc(F)cc1)C(=O)NC[C@@H](c1cccs1)N1CCc2ccccc2C1. The highest BCUT2D eigenvalue weighted by Crippen LogP contribution is 2.29. The van der Waals surface area contributed by atoms with Gasteiger partial charge in [-0.2, -0.15) is 0 Å². The second-order valence-corrected chi connectivity index (χ2v) is 8.52. The lowest BCUT2D eigenvalue weighted by atomic mass is 9.98. The van der Waals surface area contributed by atoms with Crippen LogP contribution in [0.1, 0.15) is 27.6 Å². The number of carbonyl (C=O) groups excluding carboxylic acids is 2. The average Bonchev–Trinajstić information content (AvgIpc) is 3.33. The molecule has 160 valence electrons. The maximum absolute atomic E-state index is 13.0. The van der Waals surface area contributed by atoms with Crippen molar-refractivity contribution in [2.75, 3.05) is 13.1 Å². The van der Waals surface area contributed by atoms with Crippen LogP contribution in [0.4, 0.5) is 4.39 Å². The molecule has 0 aliphatic carbocycles. The highest BCUT2D eigenvalue weighted by Gasteiger charge is 2.26. The van der Waals surface area contributed by atoms with E-state index in [2.05, 4.69) is 45.9 Å². The molecular formula is C24H24FN3O2S. The number of hydrogen-bond acceptors (Lipinski definition) is 4. The largest absolute Gasteiger partial charge is 0.346 e. The van der Waals surface area contributed by atoms with Gasteiger partial charge in [-0.15, -0.1) is 11.3 Å². The number of benzene rings is 2. The Hall–Kier alpha value is -3.03. The van der Waals surface area contributed by atoms with Crippen molar-refractivity contribution in [2.24, 2.45) is 0 Å². The monoisotopic (exact) mass is 437 g/mol. The molecule has 0 radical (unpaired) electrons. The molecule has 3 aromatic rings. The predicted molar refractivity (Wildman–Crippen MR) is 119 cm³/mol. The van der Waals surface area contributed by atoms with Crippen molar-refractivity contribution in [1.29, 1.82) is 0 Å². The average molecular weight is 438 g/mol. The molecule has 4 rings (SSSR count). The van der Waals surface area contributed by atoms with Crippen LogP contribution < -0.4 is 10.6 Å². The van der Waals surface area contributed by atoms with Crippen LogP contribution in [0.2, 0.25) is 0 Å². The smallest absolute Gasteiger partial charge is 0.309 e. The Kier molecular flexibility index (Phi) is 6.74. The van der Waals surface area contributed by atoms with Crippen LogP contribution in [0, 0.1) is 5.82 Å². The number of nitrogens with zero attached hydrogens (tertiary/aromatic N) is 1. The molecule has 1 aromatic heterocycles. The first kappa shape index (κ1) is 21.2. The summed E-state index contributed by atoms with van der Waals surface area (Å²) in [4.78, 5) is 28.1. The summed E-state index contributed by atoms with van der Waals surface area (Å²) in [7, 11) is 0. The topological polar surface area (TPSA) is 61.4 Å². The van der Waals surface area contributed by atoms with Crippen LogP contribution in [0.5, 0.6) is 0 Å². The fourth-order valence-electron chi connectivity index (χ4n) is 3.81. The molecule has 1 atom stereocenters. The van der Waals surface area contributed by atoms with E-state index in [4.69, 9.17) is 0 Å². The minimum absolute atomic E-state index is 0.00204. The van der Waals surface area contributed by atoms with Crippen molar-refractivity contribution in [1.82, 2.24) is 15.5 Å². The number of fused-ring (bicyclic) bond motifs is 1. The summed E-state index contributed by atoms with van der Waals surface area (Å²) in [6, 6.07) is 18.3. The molecule has 2 amide bonds. The summed E-state index contributed by atoms with van der Waals surface area (Å²) in [5, 5.41) is 7.40. The van der Waals surface area contributed by atoms with Gasteiger partial charge in [-0.1, -0.05) is 42.5 Å². The van der Waals surface area contributed by atoms with Crippen LogP contribution in [0.25, 0.3) is 0 Å². The number of carbonyl (C=O) groups is 2. The second kappa shape index (κ2) is 9.85. The number of amides is 2. The predicted octanol–water partition coefficient (Wildman–Crippen LogP) is 3.42. The Morgan fingerprint density at radius 1 is 0.968 bits per heavy atom. The van der Waals surface area contributed by atoms with E-state index in [0.29, 0.717) is 6.54 Å². The highest BCUT2D eigenvalue weighted by molar-refractivity contribution is 7.10. The molecule has 0 spiro atoms. The van der Waals surface area contributed by atoms with Gasteiger partial charge in [0.15, 0.2) is 0 Å². The minimum atomic E-state index is -0.696. The van der Waals surface area contributed by atoms with Crippen molar-refractivity contribution in [2.45, 2.75) is 25.6 Å². The maximum atomic E-state index is 13.0. The lowest BCUT2D eigenvalue weighted by molar-refractivity contribution is -0.139. The van der Waals surface area contributed by atoms with Crippen LogP contribution in [0.15, 0.2) is 66.0 Å². The molecule has 5 nitrogen and oxygen atoms in total. The molecule has 2 aromatic carbocycles. The van der Waals surface area contributed by atoms with Crippen molar-refractivity contribution in [3.63, 3.8) is 0 Å². The van der Waals surface area contributed by atoms with Gasteiger partial charge in [-0.3, -0.25) is 14.5 Å². The number of nitrogens with one attached hydrogen (secondary N) is 2. The van der Waals surface area contributed by atoms with E-state index in [0.717, 1.165) is 30.0 Å². The summed E-state index contributed by atoms with van der Waals surface area (Å²) < 4.78 is 13.0. The maximum Gasteiger partial charge on any atom is 0.309 e. The van der Waals surface area contributed by atoms with Gasteiger partial charge in [0.05, 0.1) is 6.04 Å². The third kappa shape index (κ3) is 5.37. The lowest BCUT2D eigenvalue weighted by Gasteiger charge is -2.35. The summed E-state index contributed by atoms with van der Waals surface area (Å²) in [5.74, 6) is -1.70. The molecule has 31 heavy (non-hydrogen) atoms. The van der Waals surface area contributed by atoms with Crippen LogP contribution in [-0.2, 0) is 29.1 Å². The van der Waals surface area contributed by atoms with Gasteiger partial charge in [0.2, 0.25) is 0 Å². The summed E-state index contributed by atoms with van der Waals surface area (Å²) >= 11 is 1.65. The Labute approximate surface area is 184 Å². The van der Waals surface area contributed by atoms with Gasteiger partial charge < -0.3 is 10.6 Å². The fraction of sp³-hybridized carbons (Fsp3) is 0.250. The van der Waals surface area contributed by atoms with E-state index in [-0.39, 0.29) is 18.4 Å². The van der Waals surface area contributed by atoms with E-state index >= 15 is 0 Å². The number of thiophene rings is 1. The van der Waals surface area contributed by atoms with Crippen LogP contribution >= 0.6 is 11.3 Å². The molecule has 0 saturated carbocycles. The van der Waals surface area contributed by atoms with Gasteiger partial charge in [-0.25, -0.2) is 4.39 Å². The first-order valence-corrected chi connectivity index (χ1v) is 11.1. The fourth-order valence-corrected chi connectivity index (χ4v) is 4.67. The van der Waals surface area contributed by atoms with E-state index in [1.54, 1.807) is 23.5 Å². The zero-order chi connectivity index (χ0) is 21.6. The van der Waals surface area contributed by atoms with E-state index in [1.807, 2.05) is 11.4 Å². The normalized spacial score (nSPS) is 14.5. The first-order chi connectivity index (χ1) is 15.1. The summed E-state index contributed by atoms with van der Waals surface area (Å²) in [6.45, 7) is 2.23. The molecule has 2 heterocycles. The molecule has 2 N–H and O–H groups in total. The lowest BCUT2D eigenvalue weighted by Crippen LogP contribution is -2.44. The van der Waals surface area contributed by atoms with Crippen molar-refractivity contribution < 1.29 is 14.0 Å². The number of halogens is 1. The van der Waals surface area contributed by atoms with Gasteiger partial charge in [0, 0.05) is 31.1 Å². The third-order valence-corrected chi connectivity index (χ3v) is 6.47. The summed E-state index contributed by atoms with van der Waals surface area (Å²) in [5.41, 5.74) is 3.40. The van der Waals surface area contributed by atoms with Gasteiger partial charge in [0.25, 0.3) is 0 Å². The number of rotatable bonds is 6. The van der Waals surface area contributed by atoms with Crippen molar-refractivity contribution >= 4 is 23.2 Å². The Morgan fingerprint density at radius 3 is 2.45 bits per heavy atom. The molecule has 0 bridgehead atoms. The Bertz CT molecular complexity index is 1040. The zero-order valence-electron chi connectivity index (χ0n) is 17.0. The van der Waals surface area contributed by atoms with Crippen molar-refractivity contribution in [3.8, 4) is 0 Å². The molecule has 0 fully saturated rings. The Morgan fingerprint density at radius 2 is 1.71 bits per heavy atom. The first-order valence-electron chi connectivity index (χ1n) is 10.2. The number of hydrogen-bond donors (Lipinski definition) is 2. The molecule has 1 aliphatic heterocycles. The quantitative estimate of drug-likeness (QED) is 0.581. The standard InChI is InChI=1S/C24H24FN3O2S/c25-20-9-7-17(8-10-20)14-26-23(29)24(30)27-15-21(22-6-3-13-31-22)28-12-11-18-4-1-2-5-19(18)16-28/h1-10,13,21H,11-12,14-16H2,(H,26,29)(H,27,30)/t21-/m0/s1. The summed E-state index contributed by atoms with van der Waals surface area (Å²) in [6.07, 6.45) is 0.962. The molecule has 1 aliphatic rings. The highest BCUT2D eigenvalue weighted by atomic mass is 32.1. The molecule has 7 heteroatoms. The van der Waals surface area contributed by atoms with Gasteiger partial charge in [-0.05, 0) is 46.7 Å². The van der Waals surface area contributed by atoms with Crippen LogP contribution in [-0.4, -0.2) is 29.8 Å². The zero-order valence-corrected chi connectivity index (χ0v) is 17.8. The molecule has 0 unspecified atom stereocenters. The van der Waals surface area contributed by atoms with Crippen LogP contribution in [0.3, 0.4) is 0 Å². The van der Waals surface area contributed by atoms with E-state index < -0.39 is 11.8 Å². The van der Waals surface area contributed by atoms with E-state index in [1.165, 1.54) is 23.3 Å². The molecular weight excluding hydrogens is 413 g/mol. The molecule has 0 saturated heterocycles. The Balaban J connectivity index is 1.36. The van der Waals surface area contributed by atoms with Crippen molar-refractivity contribution in [3.05, 3.63) is 93.4 Å². The van der Waals surface area contributed by atoms with Gasteiger partial charge in [0.1, 0.15) is 5.82 Å². The van der Waals surface area contributed by atoms with E-state index in [9.17, 15) is 14.0 Å². The second-order valence-electron chi connectivity index (χ2n) is 7.54. The third-order valence-electron chi connectivity index (χ3n) is 5.50. The van der Waals surface area contributed by atoms with Gasteiger partial charge >= 0.3 is 11.8 Å².